The van der Waals surface area contributed by atoms with Crippen LogP contribution < -0.4 is 16.0 Å². The summed E-state index contributed by atoms with van der Waals surface area (Å²) in [5.41, 5.74) is 1.15. The third kappa shape index (κ3) is 9.05. The zero-order valence-corrected chi connectivity index (χ0v) is 25.9. The minimum Gasteiger partial charge on any atom is -0.496 e. The summed E-state index contributed by atoms with van der Waals surface area (Å²) < 4.78 is 16.8. The molecule has 1 saturated carbocycles. The molecule has 0 amide bonds. The van der Waals surface area contributed by atoms with E-state index in [0.29, 0.717) is 55.8 Å². The maximum Gasteiger partial charge on any atom is 0.126 e. The summed E-state index contributed by atoms with van der Waals surface area (Å²) in [6, 6.07) is 11.3. The van der Waals surface area contributed by atoms with Crippen molar-refractivity contribution in [3.63, 3.8) is 0 Å². The van der Waals surface area contributed by atoms with Gasteiger partial charge in [0, 0.05) is 49.6 Å². The second-order valence-corrected chi connectivity index (χ2v) is 11.9. The van der Waals surface area contributed by atoms with Crippen LogP contribution in [0, 0.1) is 16.7 Å². The number of rotatable bonds is 14. The van der Waals surface area contributed by atoms with E-state index in [0.717, 1.165) is 61.4 Å². The van der Waals surface area contributed by atoms with E-state index >= 15 is 0 Å². The first kappa shape index (κ1) is 32.0. The molecule has 0 radical (unpaired) electrons. The third-order valence-electron chi connectivity index (χ3n) is 8.15. The standard InChI is InChI=1S/C32H45ClN6O3/c1-5-41-23(3)24(4)42-19-22(2)37-25-9-11-26(12-10-25)38-31-17-27(28(33)18-35-31)29-7-6-8-30(39-29)36-21-32(20-34)13-15-40-16-14-32/h6-8,17-18,22,24-26,37H,3,5,9-16,19,21H2,1-2,4H3,(H,35,38)(H,36,39)/t22-,24+,25?,26?/m1/s1. The zero-order chi connectivity index (χ0) is 30.0. The molecule has 0 spiro atoms. The molecule has 1 aliphatic carbocycles. The van der Waals surface area contributed by atoms with Crippen LogP contribution in [0.15, 0.2) is 42.8 Å². The molecular formula is C32H45ClN6O3. The monoisotopic (exact) mass is 596 g/mol. The van der Waals surface area contributed by atoms with Crippen molar-refractivity contribution >= 4 is 23.2 Å². The Morgan fingerprint density at radius 3 is 2.64 bits per heavy atom. The Labute approximate surface area is 255 Å². The van der Waals surface area contributed by atoms with Gasteiger partial charge in [0.25, 0.3) is 0 Å². The van der Waals surface area contributed by atoms with E-state index < -0.39 is 5.41 Å². The minimum absolute atomic E-state index is 0.118. The zero-order valence-electron chi connectivity index (χ0n) is 25.1. The Bertz CT molecular complexity index is 1210. The predicted octanol–water partition coefficient (Wildman–Crippen LogP) is 6.19. The first-order valence-electron chi connectivity index (χ1n) is 15.1. The summed E-state index contributed by atoms with van der Waals surface area (Å²) in [6.07, 6.45) is 7.26. The Hall–Kier alpha value is -2.90. The highest BCUT2D eigenvalue weighted by atomic mass is 35.5. The van der Waals surface area contributed by atoms with Crippen molar-refractivity contribution in [1.29, 1.82) is 5.26 Å². The van der Waals surface area contributed by atoms with Gasteiger partial charge in [-0.3, -0.25) is 0 Å². The van der Waals surface area contributed by atoms with E-state index in [1.807, 2.05) is 38.1 Å². The summed E-state index contributed by atoms with van der Waals surface area (Å²) in [6.45, 7) is 13.0. The van der Waals surface area contributed by atoms with Gasteiger partial charge in [-0.2, -0.15) is 5.26 Å². The smallest absolute Gasteiger partial charge is 0.126 e. The molecule has 1 aliphatic heterocycles. The van der Waals surface area contributed by atoms with Crippen LogP contribution in [-0.4, -0.2) is 67.2 Å². The second-order valence-electron chi connectivity index (χ2n) is 11.5. The second kappa shape index (κ2) is 15.5. The number of hydrogen-bond acceptors (Lipinski definition) is 9. The summed E-state index contributed by atoms with van der Waals surface area (Å²) in [7, 11) is 0. The topological polar surface area (TPSA) is 113 Å². The molecule has 0 unspecified atom stereocenters. The normalized spacial score (nSPS) is 21.5. The largest absolute Gasteiger partial charge is 0.496 e. The number of aromatic nitrogens is 2. The van der Waals surface area contributed by atoms with Crippen LogP contribution >= 0.6 is 11.6 Å². The average molecular weight is 597 g/mol. The van der Waals surface area contributed by atoms with Crippen LogP contribution in [0.25, 0.3) is 11.3 Å². The molecule has 0 aromatic carbocycles. The van der Waals surface area contributed by atoms with Crippen LogP contribution in [0.2, 0.25) is 5.02 Å². The van der Waals surface area contributed by atoms with Gasteiger partial charge in [-0.05, 0) is 77.5 Å². The van der Waals surface area contributed by atoms with Gasteiger partial charge in [-0.25, -0.2) is 9.97 Å². The lowest BCUT2D eigenvalue weighted by molar-refractivity contribution is 0.0311. The number of pyridine rings is 2. The van der Waals surface area contributed by atoms with Crippen molar-refractivity contribution in [2.24, 2.45) is 5.41 Å². The molecule has 228 valence electrons. The van der Waals surface area contributed by atoms with E-state index in [1.54, 1.807) is 6.20 Å². The highest BCUT2D eigenvalue weighted by Crippen LogP contribution is 2.32. The van der Waals surface area contributed by atoms with Crippen molar-refractivity contribution in [2.75, 3.05) is 43.6 Å². The van der Waals surface area contributed by atoms with Gasteiger partial charge < -0.3 is 30.2 Å². The fourth-order valence-electron chi connectivity index (χ4n) is 5.50. The fourth-order valence-corrected chi connectivity index (χ4v) is 5.70. The molecule has 2 fully saturated rings. The Morgan fingerprint density at radius 2 is 1.93 bits per heavy atom. The summed E-state index contributed by atoms with van der Waals surface area (Å²) in [5, 5.41) is 21.0. The minimum atomic E-state index is -0.431. The number of hydrogen-bond donors (Lipinski definition) is 3. The molecule has 42 heavy (non-hydrogen) atoms. The molecule has 1 saturated heterocycles. The van der Waals surface area contributed by atoms with E-state index in [9.17, 15) is 5.26 Å². The first-order valence-corrected chi connectivity index (χ1v) is 15.5. The summed E-state index contributed by atoms with van der Waals surface area (Å²) in [4.78, 5) is 9.35. The van der Waals surface area contributed by atoms with Crippen LogP contribution in [0.3, 0.4) is 0 Å². The molecule has 3 N–H and O–H groups in total. The lowest BCUT2D eigenvalue weighted by Gasteiger charge is -2.32. The third-order valence-corrected chi connectivity index (χ3v) is 8.46. The number of nitrogens with one attached hydrogen (secondary N) is 3. The van der Waals surface area contributed by atoms with Crippen LogP contribution in [-0.2, 0) is 14.2 Å². The van der Waals surface area contributed by atoms with Gasteiger partial charge in [0.1, 0.15) is 23.5 Å². The number of nitriles is 1. The maximum absolute atomic E-state index is 9.77. The van der Waals surface area contributed by atoms with E-state index in [2.05, 4.69) is 40.5 Å². The Kier molecular flexibility index (Phi) is 11.8. The van der Waals surface area contributed by atoms with Crippen LogP contribution in [0.1, 0.15) is 59.3 Å². The lowest BCUT2D eigenvalue weighted by atomic mass is 9.82. The summed E-state index contributed by atoms with van der Waals surface area (Å²) >= 11 is 6.58. The molecule has 3 heterocycles. The summed E-state index contributed by atoms with van der Waals surface area (Å²) in [5.74, 6) is 2.19. The highest BCUT2D eigenvalue weighted by molar-refractivity contribution is 6.33. The van der Waals surface area contributed by atoms with Crippen molar-refractivity contribution < 1.29 is 14.2 Å². The SMILES string of the molecule is C=C(OCC)[C@H](C)OC[C@@H](C)NC1CCC(Nc2cc(-c3cccc(NCC4(C#N)CCOCC4)n3)c(Cl)cn2)CC1. The molecular weight excluding hydrogens is 552 g/mol. The van der Waals surface area contributed by atoms with Gasteiger partial charge in [-0.15, -0.1) is 0 Å². The predicted molar refractivity (Wildman–Crippen MR) is 168 cm³/mol. The number of nitrogens with zero attached hydrogens (tertiary/aromatic N) is 3. The quantitative estimate of drug-likeness (QED) is 0.220. The number of ether oxygens (including phenoxy) is 3. The van der Waals surface area contributed by atoms with Crippen LogP contribution in [0.5, 0.6) is 0 Å². The Morgan fingerprint density at radius 1 is 1.19 bits per heavy atom. The molecule has 0 bridgehead atoms. The van der Waals surface area contributed by atoms with E-state index in [1.165, 1.54) is 0 Å². The van der Waals surface area contributed by atoms with Gasteiger partial charge in [0.15, 0.2) is 0 Å². The first-order chi connectivity index (χ1) is 20.3. The van der Waals surface area contributed by atoms with Gasteiger partial charge in [0.2, 0.25) is 0 Å². The molecule has 10 heteroatoms. The van der Waals surface area contributed by atoms with Crippen LogP contribution in [0.4, 0.5) is 11.6 Å². The van der Waals surface area contributed by atoms with Crippen molar-refractivity contribution in [1.82, 2.24) is 15.3 Å². The molecule has 2 aliphatic rings. The molecule has 9 nitrogen and oxygen atoms in total. The molecule has 4 rings (SSSR count). The van der Waals surface area contributed by atoms with E-state index in [4.69, 9.17) is 30.8 Å². The Balaban J connectivity index is 1.28. The van der Waals surface area contributed by atoms with Crippen molar-refractivity contribution in [2.45, 2.75) is 83.5 Å². The fraction of sp³-hybridized carbons (Fsp3) is 0.594. The number of halogens is 1. The van der Waals surface area contributed by atoms with Crippen molar-refractivity contribution in [3.8, 4) is 17.3 Å². The van der Waals surface area contributed by atoms with Gasteiger partial charge in [0.05, 0.1) is 35.4 Å². The van der Waals surface area contributed by atoms with E-state index in [-0.39, 0.29) is 12.1 Å². The van der Waals surface area contributed by atoms with Gasteiger partial charge in [-0.1, -0.05) is 24.2 Å². The number of anilines is 2. The highest BCUT2D eigenvalue weighted by Gasteiger charge is 2.32. The average Bonchev–Trinajstić information content (AvgIpc) is 3.01. The lowest BCUT2D eigenvalue weighted by Crippen LogP contribution is -2.43. The molecule has 2 aromatic rings. The molecule has 2 atom stereocenters. The van der Waals surface area contributed by atoms with Crippen molar-refractivity contribution in [3.05, 3.63) is 47.8 Å². The molecule has 2 aromatic heterocycles. The maximum atomic E-state index is 9.77. The van der Waals surface area contributed by atoms with Gasteiger partial charge >= 0.3 is 0 Å².